The van der Waals surface area contributed by atoms with Crippen molar-refractivity contribution in [2.75, 3.05) is 18.5 Å². The number of aryl methyl sites for hydroxylation is 1. The summed E-state index contributed by atoms with van der Waals surface area (Å²) in [6, 6.07) is 9.53. The number of hydrogen-bond acceptors (Lipinski definition) is 5. The fraction of sp³-hybridized carbons (Fsp3) is 0.381. The Bertz CT molecular complexity index is 836. The van der Waals surface area contributed by atoms with Gasteiger partial charge in [0.15, 0.2) is 0 Å². The van der Waals surface area contributed by atoms with E-state index in [9.17, 15) is 14.9 Å². The standard InChI is InChI=1S/C21H26N2O5/c1-4-6-11-27-14-17-12-16(8-10-20(17)28-5-2)21(24)22-19-13-18(23(25)26)9-7-15(19)3/h7-10,12-13H,4-6,11,14H2,1-3H3,(H,22,24). The Labute approximate surface area is 164 Å². The number of hydrogen-bond donors (Lipinski definition) is 1. The molecule has 2 aromatic rings. The molecule has 0 radical (unpaired) electrons. The number of amides is 1. The Morgan fingerprint density at radius 3 is 2.64 bits per heavy atom. The molecule has 28 heavy (non-hydrogen) atoms. The van der Waals surface area contributed by atoms with Crippen LogP contribution in [0.15, 0.2) is 36.4 Å². The van der Waals surface area contributed by atoms with Crippen LogP contribution in [0.25, 0.3) is 0 Å². The lowest BCUT2D eigenvalue weighted by Gasteiger charge is -2.13. The van der Waals surface area contributed by atoms with Gasteiger partial charge in [-0.05, 0) is 44.0 Å². The molecule has 0 aliphatic carbocycles. The maximum absolute atomic E-state index is 12.7. The minimum absolute atomic E-state index is 0.0717. The molecule has 2 aromatic carbocycles. The summed E-state index contributed by atoms with van der Waals surface area (Å²) in [7, 11) is 0. The minimum atomic E-state index is -0.488. The summed E-state index contributed by atoms with van der Waals surface area (Å²) in [5.41, 5.74) is 2.31. The normalized spacial score (nSPS) is 10.5. The number of carbonyl (C=O) groups excluding carboxylic acids is 1. The van der Waals surface area contributed by atoms with E-state index in [1.54, 1.807) is 31.2 Å². The van der Waals surface area contributed by atoms with E-state index in [4.69, 9.17) is 9.47 Å². The molecule has 0 atom stereocenters. The number of benzene rings is 2. The van der Waals surface area contributed by atoms with E-state index in [0.717, 1.165) is 24.0 Å². The number of ether oxygens (including phenoxy) is 2. The number of rotatable bonds is 10. The molecule has 0 spiro atoms. The molecule has 0 aromatic heterocycles. The Morgan fingerprint density at radius 1 is 1.18 bits per heavy atom. The second-order valence-corrected chi connectivity index (χ2v) is 6.37. The van der Waals surface area contributed by atoms with Crippen molar-refractivity contribution >= 4 is 17.3 Å². The molecule has 0 saturated heterocycles. The Kier molecular flexibility index (Phi) is 7.95. The SMILES string of the molecule is CCCCOCc1cc(C(=O)Nc2cc([N+](=O)[O-])ccc2C)ccc1OCC. The van der Waals surface area contributed by atoms with Crippen LogP contribution in [0.4, 0.5) is 11.4 Å². The third kappa shape index (κ3) is 5.79. The molecule has 7 heteroatoms. The van der Waals surface area contributed by atoms with Crippen LogP contribution in [0.5, 0.6) is 5.75 Å². The molecular weight excluding hydrogens is 360 g/mol. The van der Waals surface area contributed by atoms with Crippen LogP contribution in [-0.2, 0) is 11.3 Å². The van der Waals surface area contributed by atoms with Gasteiger partial charge in [-0.1, -0.05) is 19.4 Å². The monoisotopic (exact) mass is 386 g/mol. The molecular formula is C21H26N2O5. The topological polar surface area (TPSA) is 90.7 Å². The first-order valence-electron chi connectivity index (χ1n) is 9.36. The number of non-ortho nitro benzene ring substituents is 1. The van der Waals surface area contributed by atoms with E-state index >= 15 is 0 Å². The summed E-state index contributed by atoms with van der Waals surface area (Å²) in [5, 5.41) is 13.7. The van der Waals surface area contributed by atoms with Crippen LogP contribution in [0.3, 0.4) is 0 Å². The summed E-state index contributed by atoms with van der Waals surface area (Å²) < 4.78 is 11.3. The first kappa shape index (κ1) is 21.4. The smallest absolute Gasteiger partial charge is 0.271 e. The molecule has 1 N–H and O–H groups in total. The predicted octanol–water partition coefficient (Wildman–Crippen LogP) is 4.87. The number of nitrogens with zero attached hydrogens (tertiary/aromatic N) is 1. The highest BCUT2D eigenvalue weighted by molar-refractivity contribution is 6.05. The van der Waals surface area contributed by atoms with Gasteiger partial charge in [0, 0.05) is 29.9 Å². The number of nitro benzene ring substituents is 1. The predicted molar refractivity (Wildman–Crippen MR) is 108 cm³/mol. The molecule has 7 nitrogen and oxygen atoms in total. The lowest BCUT2D eigenvalue weighted by Crippen LogP contribution is -2.14. The minimum Gasteiger partial charge on any atom is -0.494 e. The number of nitro groups is 1. The van der Waals surface area contributed by atoms with Crippen molar-refractivity contribution in [3.63, 3.8) is 0 Å². The summed E-state index contributed by atoms with van der Waals surface area (Å²) in [5.74, 6) is 0.337. The van der Waals surface area contributed by atoms with Crippen molar-refractivity contribution in [3.05, 3.63) is 63.2 Å². The fourth-order valence-corrected chi connectivity index (χ4v) is 2.61. The van der Waals surface area contributed by atoms with E-state index in [1.807, 2.05) is 6.92 Å². The summed E-state index contributed by atoms with van der Waals surface area (Å²) in [4.78, 5) is 23.2. The quantitative estimate of drug-likeness (QED) is 0.357. The van der Waals surface area contributed by atoms with E-state index < -0.39 is 4.92 Å². The maximum atomic E-state index is 12.7. The van der Waals surface area contributed by atoms with Gasteiger partial charge in [-0.3, -0.25) is 14.9 Å². The Hall–Kier alpha value is -2.93. The van der Waals surface area contributed by atoms with Crippen LogP contribution in [0.1, 0.15) is 48.2 Å². The number of nitrogens with one attached hydrogen (secondary N) is 1. The van der Waals surface area contributed by atoms with Gasteiger partial charge < -0.3 is 14.8 Å². The first-order chi connectivity index (χ1) is 13.5. The zero-order chi connectivity index (χ0) is 20.5. The molecule has 0 aliphatic rings. The van der Waals surface area contributed by atoms with Crippen LogP contribution < -0.4 is 10.1 Å². The van der Waals surface area contributed by atoms with Gasteiger partial charge in [0.05, 0.1) is 23.8 Å². The van der Waals surface area contributed by atoms with Crippen molar-refractivity contribution in [1.29, 1.82) is 0 Å². The number of anilines is 1. The summed E-state index contributed by atoms with van der Waals surface area (Å²) >= 11 is 0. The van der Waals surface area contributed by atoms with Gasteiger partial charge >= 0.3 is 0 Å². The van der Waals surface area contributed by atoms with Crippen molar-refractivity contribution in [1.82, 2.24) is 0 Å². The summed E-state index contributed by atoms with van der Waals surface area (Å²) in [6.07, 6.45) is 2.01. The fourth-order valence-electron chi connectivity index (χ4n) is 2.61. The zero-order valence-electron chi connectivity index (χ0n) is 16.5. The lowest BCUT2D eigenvalue weighted by atomic mass is 10.1. The van der Waals surface area contributed by atoms with Crippen molar-refractivity contribution in [2.24, 2.45) is 0 Å². The molecule has 0 saturated carbocycles. The van der Waals surface area contributed by atoms with E-state index in [-0.39, 0.29) is 11.6 Å². The molecule has 1 amide bonds. The third-order valence-electron chi connectivity index (χ3n) is 4.20. The van der Waals surface area contributed by atoms with Gasteiger partial charge in [-0.25, -0.2) is 0 Å². The molecule has 2 rings (SSSR count). The second-order valence-electron chi connectivity index (χ2n) is 6.37. The molecule has 0 heterocycles. The van der Waals surface area contributed by atoms with Crippen LogP contribution in [-0.4, -0.2) is 24.0 Å². The molecule has 0 unspecified atom stereocenters. The Morgan fingerprint density at radius 2 is 1.96 bits per heavy atom. The van der Waals surface area contributed by atoms with Gasteiger partial charge in [-0.2, -0.15) is 0 Å². The molecule has 150 valence electrons. The third-order valence-corrected chi connectivity index (χ3v) is 4.20. The first-order valence-corrected chi connectivity index (χ1v) is 9.36. The molecule has 0 aliphatic heterocycles. The largest absolute Gasteiger partial charge is 0.494 e. The lowest BCUT2D eigenvalue weighted by molar-refractivity contribution is -0.384. The van der Waals surface area contributed by atoms with Crippen molar-refractivity contribution in [2.45, 2.75) is 40.2 Å². The zero-order valence-corrected chi connectivity index (χ0v) is 16.5. The van der Waals surface area contributed by atoms with Gasteiger partial charge in [-0.15, -0.1) is 0 Å². The van der Waals surface area contributed by atoms with Crippen LogP contribution in [0.2, 0.25) is 0 Å². The van der Waals surface area contributed by atoms with Crippen molar-refractivity contribution < 1.29 is 19.2 Å². The highest BCUT2D eigenvalue weighted by Crippen LogP contribution is 2.25. The van der Waals surface area contributed by atoms with E-state index in [1.165, 1.54) is 12.1 Å². The number of carbonyl (C=O) groups is 1. The van der Waals surface area contributed by atoms with Gasteiger partial charge in [0.1, 0.15) is 5.75 Å². The summed E-state index contributed by atoms with van der Waals surface area (Å²) in [6.45, 7) is 7.28. The van der Waals surface area contributed by atoms with E-state index in [2.05, 4.69) is 12.2 Å². The highest BCUT2D eigenvalue weighted by atomic mass is 16.6. The van der Waals surface area contributed by atoms with E-state index in [0.29, 0.717) is 36.8 Å². The van der Waals surface area contributed by atoms with Crippen LogP contribution >= 0.6 is 0 Å². The number of unbranched alkanes of at least 4 members (excludes halogenated alkanes) is 1. The Balaban J connectivity index is 2.20. The average molecular weight is 386 g/mol. The van der Waals surface area contributed by atoms with Crippen molar-refractivity contribution in [3.8, 4) is 5.75 Å². The highest BCUT2D eigenvalue weighted by Gasteiger charge is 2.14. The second kappa shape index (κ2) is 10.4. The maximum Gasteiger partial charge on any atom is 0.271 e. The molecule has 0 bridgehead atoms. The average Bonchev–Trinajstić information content (AvgIpc) is 2.68. The van der Waals surface area contributed by atoms with Gasteiger partial charge in [0.2, 0.25) is 0 Å². The van der Waals surface area contributed by atoms with Gasteiger partial charge in [0.25, 0.3) is 11.6 Å². The van der Waals surface area contributed by atoms with Crippen LogP contribution in [0, 0.1) is 17.0 Å². The molecule has 0 fully saturated rings.